The first-order valence-corrected chi connectivity index (χ1v) is 12.7. The molecule has 9 nitrogen and oxygen atoms in total. The molecule has 10 heteroatoms. The third kappa shape index (κ3) is 5.34. The van der Waals surface area contributed by atoms with Gasteiger partial charge in [0.1, 0.15) is 10.9 Å². The quantitative estimate of drug-likeness (QED) is 0.264. The standard InChI is InChI=1S/C27H30N6O3S/c1-4-27(2,3)31-25(35)22(18-14-30-19-13-9-8-12-17(18)19)33(15-16-10-6-5-7-11-16)26(36)23-20(28)21(24(29)34)32-37-23/h5-14,22,30H,4,15,28H2,1-3H3,(H2,29,34)(H,31,35). The number of anilines is 1. The van der Waals surface area contributed by atoms with Gasteiger partial charge in [-0.2, -0.15) is 4.37 Å². The van der Waals surface area contributed by atoms with Crippen molar-refractivity contribution < 1.29 is 14.4 Å². The molecule has 6 N–H and O–H groups in total. The van der Waals surface area contributed by atoms with E-state index in [1.807, 2.05) is 75.4 Å². The van der Waals surface area contributed by atoms with Crippen LogP contribution in [-0.4, -0.2) is 37.5 Å². The van der Waals surface area contributed by atoms with Crippen molar-refractivity contribution in [2.45, 2.75) is 45.3 Å². The minimum absolute atomic E-state index is 0.0529. The molecule has 0 aliphatic rings. The van der Waals surface area contributed by atoms with Crippen LogP contribution in [0.2, 0.25) is 0 Å². The Labute approximate surface area is 219 Å². The Hall–Kier alpha value is -4.18. The fourth-order valence-electron chi connectivity index (χ4n) is 4.08. The molecule has 37 heavy (non-hydrogen) atoms. The number of hydrogen-bond acceptors (Lipinski definition) is 6. The van der Waals surface area contributed by atoms with E-state index in [-0.39, 0.29) is 28.7 Å². The molecule has 2 aromatic heterocycles. The molecule has 3 amide bonds. The second kappa shape index (κ2) is 10.4. The molecule has 4 rings (SSSR count). The molecule has 2 aromatic carbocycles. The number of aromatic amines is 1. The average molecular weight is 519 g/mol. The zero-order valence-corrected chi connectivity index (χ0v) is 21.8. The van der Waals surface area contributed by atoms with Gasteiger partial charge in [-0.1, -0.05) is 55.5 Å². The molecule has 1 unspecified atom stereocenters. The van der Waals surface area contributed by atoms with E-state index in [1.165, 1.54) is 4.90 Å². The van der Waals surface area contributed by atoms with Crippen LogP contribution in [0, 0.1) is 0 Å². The summed E-state index contributed by atoms with van der Waals surface area (Å²) < 4.78 is 4.00. The number of nitrogens with two attached hydrogens (primary N) is 2. The third-order valence-corrected chi connectivity index (χ3v) is 7.28. The number of carbonyl (C=O) groups excluding carboxylic acids is 3. The van der Waals surface area contributed by atoms with E-state index in [9.17, 15) is 14.4 Å². The van der Waals surface area contributed by atoms with Gasteiger partial charge in [-0.3, -0.25) is 14.4 Å². The highest BCUT2D eigenvalue weighted by molar-refractivity contribution is 7.09. The molecule has 0 saturated heterocycles. The molecule has 2 heterocycles. The van der Waals surface area contributed by atoms with Crippen LogP contribution in [0.5, 0.6) is 0 Å². The Morgan fingerprint density at radius 1 is 1.11 bits per heavy atom. The van der Waals surface area contributed by atoms with Crippen molar-refractivity contribution in [1.82, 2.24) is 19.6 Å². The molecule has 0 fully saturated rings. The van der Waals surface area contributed by atoms with Crippen molar-refractivity contribution in [3.05, 3.63) is 82.5 Å². The van der Waals surface area contributed by atoms with Crippen LogP contribution in [0.1, 0.15) is 64.5 Å². The number of H-pyrrole nitrogens is 1. The highest BCUT2D eigenvalue weighted by atomic mass is 32.1. The monoisotopic (exact) mass is 518 g/mol. The summed E-state index contributed by atoms with van der Waals surface area (Å²) in [6, 6.07) is 16.0. The van der Waals surface area contributed by atoms with E-state index >= 15 is 0 Å². The summed E-state index contributed by atoms with van der Waals surface area (Å²) in [6.45, 7) is 5.96. The minimum atomic E-state index is -1.01. The highest BCUT2D eigenvalue weighted by Gasteiger charge is 2.37. The van der Waals surface area contributed by atoms with Crippen LogP contribution in [0.15, 0.2) is 60.8 Å². The highest BCUT2D eigenvalue weighted by Crippen LogP contribution is 2.34. The van der Waals surface area contributed by atoms with Crippen LogP contribution >= 0.6 is 11.5 Å². The van der Waals surface area contributed by atoms with Gasteiger partial charge in [-0.25, -0.2) is 0 Å². The van der Waals surface area contributed by atoms with Crippen LogP contribution < -0.4 is 16.8 Å². The Bertz CT molecular complexity index is 1440. The molecule has 1 atom stereocenters. The maximum Gasteiger partial charge on any atom is 0.270 e. The van der Waals surface area contributed by atoms with Gasteiger partial charge in [0.15, 0.2) is 5.69 Å². The summed E-state index contributed by atoms with van der Waals surface area (Å²) in [5.41, 5.74) is 13.1. The largest absolute Gasteiger partial charge is 0.395 e. The molecule has 0 aliphatic carbocycles. The predicted molar refractivity (Wildman–Crippen MR) is 145 cm³/mol. The van der Waals surface area contributed by atoms with Crippen LogP contribution in [0.25, 0.3) is 10.9 Å². The summed E-state index contributed by atoms with van der Waals surface area (Å²) in [5.74, 6) is -1.68. The van der Waals surface area contributed by atoms with Crippen molar-refractivity contribution in [3.8, 4) is 0 Å². The Morgan fingerprint density at radius 2 is 1.78 bits per heavy atom. The number of primary amides is 1. The molecule has 4 aromatic rings. The Morgan fingerprint density at radius 3 is 2.43 bits per heavy atom. The first-order chi connectivity index (χ1) is 17.6. The minimum Gasteiger partial charge on any atom is -0.395 e. The van der Waals surface area contributed by atoms with E-state index in [2.05, 4.69) is 14.7 Å². The second-order valence-corrected chi connectivity index (χ2v) is 10.2. The molecular weight excluding hydrogens is 488 g/mol. The lowest BCUT2D eigenvalue weighted by molar-refractivity contribution is -0.127. The van der Waals surface area contributed by atoms with Gasteiger partial charge in [-0.15, -0.1) is 0 Å². The number of para-hydroxylation sites is 1. The van der Waals surface area contributed by atoms with Gasteiger partial charge >= 0.3 is 0 Å². The summed E-state index contributed by atoms with van der Waals surface area (Å²) in [7, 11) is 0. The number of nitrogen functional groups attached to an aromatic ring is 1. The molecule has 0 aliphatic heterocycles. The van der Waals surface area contributed by atoms with Crippen molar-refractivity contribution in [1.29, 1.82) is 0 Å². The average Bonchev–Trinajstić information content (AvgIpc) is 3.47. The normalized spacial score (nSPS) is 12.3. The van der Waals surface area contributed by atoms with Gasteiger partial charge in [0.25, 0.3) is 11.8 Å². The zero-order valence-electron chi connectivity index (χ0n) is 20.9. The zero-order chi connectivity index (χ0) is 26.7. The van der Waals surface area contributed by atoms with E-state index in [0.717, 1.165) is 28.0 Å². The van der Waals surface area contributed by atoms with Crippen LogP contribution in [0.3, 0.4) is 0 Å². The first-order valence-electron chi connectivity index (χ1n) is 11.9. The number of benzene rings is 2. The maximum absolute atomic E-state index is 14.1. The van der Waals surface area contributed by atoms with Gasteiger partial charge < -0.3 is 26.7 Å². The SMILES string of the molecule is CCC(C)(C)NC(=O)C(c1c[nH]c2ccccc12)N(Cc1ccccc1)C(=O)c1snc(C(N)=O)c1N. The lowest BCUT2D eigenvalue weighted by atomic mass is 9.97. The smallest absolute Gasteiger partial charge is 0.270 e. The molecule has 0 spiro atoms. The van der Waals surface area contributed by atoms with Crippen LogP contribution in [-0.2, 0) is 11.3 Å². The Kier molecular flexibility index (Phi) is 7.30. The molecule has 0 bridgehead atoms. The maximum atomic E-state index is 14.1. The van der Waals surface area contributed by atoms with Crippen molar-refractivity contribution in [2.24, 2.45) is 5.73 Å². The van der Waals surface area contributed by atoms with E-state index in [0.29, 0.717) is 12.0 Å². The van der Waals surface area contributed by atoms with E-state index < -0.39 is 23.4 Å². The van der Waals surface area contributed by atoms with E-state index in [4.69, 9.17) is 11.5 Å². The van der Waals surface area contributed by atoms with Gasteiger partial charge in [0, 0.05) is 34.7 Å². The third-order valence-electron chi connectivity index (χ3n) is 6.43. The summed E-state index contributed by atoms with van der Waals surface area (Å²) >= 11 is 0.793. The second-order valence-electron chi connectivity index (χ2n) is 9.48. The number of aromatic nitrogens is 2. The molecular formula is C27H30N6O3S. The number of fused-ring (bicyclic) bond motifs is 1. The summed E-state index contributed by atoms with van der Waals surface area (Å²) in [5, 5.41) is 3.92. The Balaban J connectivity index is 1.89. The summed E-state index contributed by atoms with van der Waals surface area (Å²) in [6.07, 6.45) is 2.44. The number of hydrogen-bond donors (Lipinski definition) is 4. The first kappa shape index (κ1) is 25.9. The fraction of sp³-hybridized carbons (Fsp3) is 0.259. The van der Waals surface area contributed by atoms with Gasteiger partial charge in [0.05, 0.1) is 5.69 Å². The van der Waals surface area contributed by atoms with E-state index in [1.54, 1.807) is 6.20 Å². The molecule has 0 radical (unpaired) electrons. The number of nitrogens with zero attached hydrogens (tertiary/aromatic N) is 2. The topological polar surface area (TPSA) is 147 Å². The lowest BCUT2D eigenvalue weighted by Gasteiger charge is -2.34. The van der Waals surface area contributed by atoms with Crippen molar-refractivity contribution >= 4 is 45.8 Å². The molecule has 192 valence electrons. The number of carbonyl (C=O) groups is 3. The van der Waals surface area contributed by atoms with Crippen molar-refractivity contribution in [3.63, 3.8) is 0 Å². The molecule has 0 saturated carbocycles. The lowest BCUT2D eigenvalue weighted by Crippen LogP contribution is -2.50. The number of rotatable bonds is 9. The van der Waals surface area contributed by atoms with Gasteiger partial charge in [0.2, 0.25) is 5.91 Å². The predicted octanol–water partition coefficient (Wildman–Crippen LogP) is 3.99. The van der Waals surface area contributed by atoms with Crippen LogP contribution in [0.4, 0.5) is 5.69 Å². The number of nitrogens with one attached hydrogen (secondary N) is 2. The fourth-order valence-corrected chi connectivity index (χ4v) is 4.84. The number of amides is 3. The van der Waals surface area contributed by atoms with Crippen molar-refractivity contribution in [2.75, 3.05) is 5.73 Å². The van der Waals surface area contributed by atoms with Gasteiger partial charge in [-0.05, 0) is 43.4 Å². The summed E-state index contributed by atoms with van der Waals surface area (Å²) in [4.78, 5) is 44.6.